The minimum atomic E-state index is -0.127. The maximum Gasteiger partial charge on any atom is 0.269 e. The second-order valence-electron chi connectivity index (χ2n) is 6.59. The van der Waals surface area contributed by atoms with Gasteiger partial charge in [-0.15, -0.1) is 0 Å². The van der Waals surface area contributed by atoms with Gasteiger partial charge in [-0.1, -0.05) is 60.7 Å². The van der Waals surface area contributed by atoms with E-state index in [-0.39, 0.29) is 5.91 Å². The van der Waals surface area contributed by atoms with Crippen LogP contribution in [0.1, 0.15) is 28.0 Å². The van der Waals surface area contributed by atoms with Gasteiger partial charge in [0.1, 0.15) is 5.69 Å². The molecule has 3 aromatic rings. The van der Waals surface area contributed by atoms with Gasteiger partial charge < -0.3 is 10.2 Å². The Labute approximate surface area is 160 Å². The highest BCUT2D eigenvalue weighted by Crippen LogP contribution is 2.16. The van der Waals surface area contributed by atoms with E-state index in [1.807, 2.05) is 55.6 Å². The molecule has 1 heterocycles. The molecule has 1 aromatic heterocycles. The standard InChI is InChI=1S/C23H25N3O/c1-26(18-20-11-6-3-7-12-20)21-14-16-24-22(17-21)23(27)25-15-8-13-19-9-4-2-5-10-19/h2-7,9-12,14,16-17H,8,13,15,18H2,1H3,(H,25,27). The fourth-order valence-corrected chi connectivity index (χ4v) is 2.96. The van der Waals surface area contributed by atoms with Crippen LogP contribution in [0.3, 0.4) is 0 Å². The van der Waals surface area contributed by atoms with Gasteiger partial charge in [-0.05, 0) is 36.1 Å². The minimum absolute atomic E-state index is 0.127. The van der Waals surface area contributed by atoms with E-state index in [0.29, 0.717) is 12.2 Å². The molecule has 0 aliphatic heterocycles. The molecule has 1 amide bonds. The number of hydrogen-bond donors (Lipinski definition) is 1. The summed E-state index contributed by atoms with van der Waals surface area (Å²) in [5.74, 6) is -0.127. The first-order valence-electron chi connectivity index (χ1n) is 9.25. The lowest BCUT2D eigenvalue weighted by Crippen LogP contribution is -2.26. The molecule has 0 saturated heterocycles. The number of nitrogens with one attached hydrogen (secondary N) is 1. The number of aromatic nitrogens is 1. The van der Waals surface area contributed by atoms with Gasteiger partial charge in [0.25, 0.3) is 5.91 Å². The molecule has 138 valence electrons. The Kier molecular flexibility index (Phi) is 6.58. The lowest BCUT2D eigenvalue weighted by molar-refractivity contribution is 0.0948. The SMILES string of the molecule is CN(Cc1ccccc1)c1ccnc(C(=O)NCCCc2ccccc2)c1. The summed E-state index contributed by atoms with van der Waals surface area (Å²) in [6, 6.07) is 24.3. The molecule has 2 aromatic carbocycles. The molecule has 0 unspecified atom stereocenters. The molecule has 0 fully saturated rings. The quantitative estimate of drug-likeness (QED) is 0.617. The van der Waals surface area contributed by atoms with Crippen LogP contribution in [0.15, 0.2) is 79.0 Å². The lowest BCUT2D eigenvalue weighted by Gasteiger charge is -2.19. The van der Waals surface area contributed by atoms with Crippen molar-refractivity contribution in [2.45, 2.75) is 19.4 Å². The molecule has 0 bridgehead atoms. The van der Waals surface area contributed by atoms with E-state index in [4.69, 9.17) is 0 Å². The van der Waals surface area contributed by atoms with Gasteiger partial charge >= 0.3 is 0 Å². The summed E-state index contributed by atoms with van der Waals surface area (Å²) < 4.78 is 0. The fraction of sp³-hybridized carbons (Fsp3) is 0.217. The summed E-state index contributed by atoms with van der Waals surface area (Å²) in [5.41, 5.74) is 3.94. The van der Waals surface area contributed by atoms with Crippen LogP contribution in [0, 0.1) is 0 Å². The van der Waals surface area contributed by atoms with Crippen LogP contribution < -0.4 is 10.2 Å². The number of aryl methyl sites for hydroxylation is 1. The van der Waals surface area contributed by atoms with Crippen LogP contribution in [0.2, 0.25) is 0 Å². The summed E-state index contributed by atoms with van der Waals surface area (Å²) in [7, 11) is 2.02. The summed E-state index contributed by atoms with van der Waals surface area (Å²) >= 11 is 0. The van der Waals surface area contributed by atoms with Crippen molar-refractivity contribution in [3.8, 4) is 0 Å². The molecule has 27 heavy (non-hydrogen) atoms. The molecule has 0 saturated carbocycles. The first-order chi connectivity index (χ1) is 13.2. The van der Waals surface area contributed by atoms with Crippen LogP contribution in [-0.4, -0.2) is 24.5 Å². The Hall–Kier alpha value is -3.14. The minimum Gasteiger partial charge on any atom is -0.370 e. The molecule has 0 aliphatic rings. The number of rotatable bonds is 8. The van der Waals surface area contributed by atoms with Gasteiger partial charge in [-0.25, -0.2) is 0 Å². The summed E-state index contributed by atoms with van der Waals surface area (Å²) in [6.07, 6.45) is 3.55. The van der Waals surface area contributed by atoms with Crippen LogP contribution in [0.25, 0.3) is 0 Å². The van der Waals surface area contributed by atoms with E-state index in [0.717, 1.165) is 25.1 Å². The Morgan fingerprint density at radius 2 is 1.63 bits per heavy atom. The number of anilines is 1. The van der Waals surface area contributed by atoms with Crippen molar-refractivity contribution in [2.75, 3.05) is 18.5 Å². The van der Waals surface area contributed by atoms with Crippen LogP contribution in [0.5, 0.6) is 0 Å². The molecule has 0 aliphatic carbocycles. The molecular formula is C23H25N3O. The average molecular weight is 359 g/mol. The van der Waals surface area contributed by atoms with E-state index >= 15 is 0 Å². The largest absolute Gasteiger partial charge is 0.370 e. The Morgan fingerprint density at radius 1 is 0.963 bits per heavy atom. The Morgan fingerprint density at radius 3 is 2.33 bits per heavy atom. The number of nitrogens with zero attached hydrogens (tertiary/aromatic N) is 2. The van der Waals surface area contributed by atoms with E-state index in [2.05, 4.69) is 39.5 Å². The Bertz CT molecular complexity index is 850. The van der Waals surface area contributed by atoms with Gasteiger partial charge in [0.2, 0.25) is 0 Å². The highest BCUT2D eigenvalue weighted by Gasteiger charge is 2.10. The van der Waals surface area contributed by atoms with Crippen molar-refractivity contribution >= 4 is 11.6 Å². The molecule has 1 N–H and O–H groups in total. The molecule has 0 radical (unpaired) electrons. The lowest BCUT2D eigenvalue weighted by atomic mass is 10.1. The zero-order valence-corrected chi connectivity index (χ0v) is 15.6. The van der Waals surface area contributed by atoms with Gasteiger partial charge in [-0.3, -0.25) is 9.78 Å². The molecule has 0 atom stereocenters. The second-order valence-corrected chi connectivity index (χ2v) is 6.59. The van der Waals surface area contributed by atoms with E-state index in [1.54, 1.807) is 6.20 Å². The predicted molar refractivity (Wildman–Crippen MR) is 110 cm³/mol. The van der Waals surface area contributed by atoms with Crippen molar-refractivity contribution in [2.24, 2.45) is 0 Å². The van der Waals surface area contributed by atoms with Crippen molar-refractivity contribution in [1.82, 2.24) is 10.3 Å². The van der Waals surface area contributed by atoms with Gasteiger partial charge in [0, 0.05) is 32.0 Å². The number of amides is 1. The zero-order valence-electron chi connectivity index (χ0n) is 15.6. The fourth-order valence-electron chi connectivity index (χ4n) is 2.96. The first-order valence-corrected chi connectivity index (χ1v) is 9.25. The van der Waals surface area contributed by atoms with Crippen LogP contribution in [-0.2, 0) is 13.0 Å². The normalized spacial score (nSPS) is 10.4. The summed E-state index contributed by atoms with van der Waals surface area (Å²) in [6.45, 7) is 1.42. The average Bonchev–Trinajstić information content (AvgIpc) is 2.72. The molecule has 3 rings (SSSR count). The highest BCUT2D eigenvalue weighted by atomic mass is 16.1. The van der Waals surface area contributed by atoms with Crippen molar-refractivity contribution < 1.29 is 4.79 Å². The zero-order chi connectivity index (χ0) is 18.9. The maximum atomic E-state index is 12.4. The third-order valence-corrected chi connectivity index (χ3v) is 4.45. The Balaban J connectivity index is 1.52. The molecule has 4 heteroatoms. The van der Waals surface area contributed by atoms with E-state index in [1.165, 1.54) is 11.1 Å². The number of hydrogen-bond acceptors (Lipinski definition) is 3. The van der Waals surface area contributed by atoms with E-state index < -0.39 is 0 Å². The number of carbonyl (C=O) groups excluding carboxylic acids is 1. The van der Waals surface area contributed by atoms with Crippen molar-refractivity contribution in [3.63, 3.8) is 0 Å². The predicted octanol–water partition coefficient (Wildman–Crippen LogP) is 4.08. The number of carbonyl (C=O) groups is 1. The molecule has 0 spiro atoms. The van der Waals surface area contributed by atoms with Crippen LogP contribution in [0.4, 0.5) is 5.69 Å². The maximum absolute atomic E-state index is 12.4. The number of benzene rings is 2. The topological polar surface area (TPSA) is 45.2 Å². The number of pyridine rings is 1. The van der Waals surface area contributed by atoms with E-state index in [9.17, 15) is 4.79 Å². The van der Waals surface area contributed by atoms with Crippen molar-refractivity contribution in [3.05, 3.63) is 95.8 Å². The van der Waals surface area contributed by atoms with Gasteiger partial charge in [-0.2, -0.15) is 0 Å². The highest BCUT2D eigenvalue weighted by molar-refractivity contribution is 5.93. The second kappa shape index (κ2) is 9.53. The van der Waals surface area contributed by atoms with Crippen molar-refractivity contribution in [1.29, 1.82) is 0 Å². The van der Waals surface area contributed by atoms with Gasteiger partial charge in [0.05, 0.1) is 0 Å². The van der Waals surface area contributed by atoms with Gasteiger partial charge in [0.15, 0.2) is 0 Å². The molecular weight excluding hydrogens is 334 g/mol. The monoisotopic (exact) mass is 359 g/mol. The molecule has 4 nitrogen and oxygen atoms in total. The first kappa shape index (κ1) is 18.6. The summed E-state index contributed by atoms with van der Waals surface area (Å²) in [5, 5.41) is 2.97. The van der Waals surface area contributed by atoms with Crippen LogP contribution >= 0.6 is 0 Å². The third-order valence-electron chi connectivity index (χ3n) is 4.45. The summed E-state index contributed by atoms with van der Waals surface area (Å²) in [4.78, 5) is 18.7. The third kappa shape index (κ3) is 5.68. The smallest absolute Gasteiger partial charge is 0.269 e.